The van der Waals surface area contributed by atoms with Crippen LogP contribution in [0.4, 0.5) is 5.69 Å². The number of aryl methyl sites for hydroxylation is 1. The van der Waals surface area contributed by atoms with Crippen molar-refractivity contribution in [3.8, 4) is 11.5 Å². The molecular formula is C24H26N2O5S. The maximum Gasteiger partial charge on any atom is 0.261 e. The summed E-state index contributed by atoms with van der Waals surface area (Å²) >= 11 is 0. The van der Waals surface area contributed by atoms with Crippen molar-refractivity contribution >= 4 is 21.6 Å². The molecular weight excluding hydrogens is 428 g/mol. The summed E-state index contributed by atoms with van der Waals surface area (Å²) in [7, 11) is -3.77. The summed E-state index contributed by atoms with van der Waals surface area (Å²) in [6, 6.07) is 20.7. The minimum atomic E-state index is -3.77. The van der Waals surface area contributed by atoms with E-state index in [1.54, 1.807) is 37.3 Å². The summed E-state index contributed by atoms with van der Waals surface area (Å²) in [4.78, 5) is 12.1. The van der Waals surface area contributed by atoms with Crippen molar-refractivity contribution in [2.24, 2.45) is 0 Å². The molecule has 168 valence electrons. The van der Waals surface area contributed by atoms with E-state index in [0.717, 1.165) is 5.56 Å². The third-order valence-corrected chi connectivity index (χ3v) is 5.94. The molecule has 7 nitrogen and oxygen atoms in total. The lowest BCUT2D eigenvalue weighted by molar-refractivity contribution is -0.123. The van der Waals surface area contributed by atoms with Crippen LogP contribution in [0.2, 0.25) is 0 Å². The summed E-state index contributed by atoms with van der Waals surface area (Å²) < 4.78 is 38.9. The predicted octanol–water partition coefficient (Wildman–Crippen LogP) is 3.89. The molecule has 0 atom stereocenters. The van der Waals surface area contributed by atoms with Gasteiger partial charge in [-0.25, -0.2) is 8.42 Å². The second-order valence-corrected chi connectivity index (χ2v) is 8.72. The van der Waals surface area contributed by atoms with Crippen molar-refractivity contribution in [1.82, 2.24) is 5.32 Å². The summed E-state index contributed by atoms with van der Waals surface area (Å²) in [5.41, 5.74) is 2.03. The second-order valence-electron chi connectivity index (χ2n) is 7.04. The molecule has 3 aromatic carbocycles. The van der Waals surface area contributed by atoms with E-state index in [1.807, 2.05) is 37.3 Å². The van der Waals surface area contributed by atoms with Gasteiger partial charge in [-0.3, -0.25) is 9.52 Å². The van der Waals surface area contributed by atoms with E-state index < -0.39 is 10.0 Å². The Hall–Kier alpha value is -3.52. The van der Waals surface area contributed by atoms with Crippen molar-refractivity contribution in [1.29, 1.82) is 0 Å². The summed E-state index contributed by atoms with van der Waals surface area (Å²) in [6.07, 6.45) is 0. The highest BCUT2D eigenvalue weighted by molar-refractivity contribution is 7.92. The van der Waals surface area contributed by atoms with E-state index in [2.05, 4.69) is 10.0 Å². The quantitative estimate of drug-likeness (QED) is 0.485. The number of ether oxygens (including phenoxy) is 2. The molecule has 1 amide bonds. The second kappa shape index (κ2) is 10.7. The molecule has 2 N–H and O–H groups in total. The van der Waals surface area contributed by atoms with Gasteiger partial charge >= 0.3 is 0 Å². The van der Waals surface area contributed by atoms with Crippen LogP contribution < -0.4 is 19.5 Å². The zero-order valence-corrected chi connectivity index (χ0v) is 18.8. The number of rotatable bonds is 10. The van der Waals surface area contributed by atoms with Crippen molar-refractivity contribution < 1.29 is 22.7 Å². The molecule has 32 heavy (non-hydrogen) atoms. The van der Waals surface area contributed by atoms with Gasteiger partial charge in [0, 0.05) is 12.2 Å². The molecule has 0 spiro atoms. The lowest BCUT2D eigenvalue weighted by Gasteiger charge is -2.13. The van der Waals surface area contributed by atoms with Crippen LogP contribution in [0.15, 0.2) is 77.7 Å². The highest BCUT2D eigenvalue weighted by atomic mass is 32.2. The number of sulfonamides is 1. The Morgan fingerprint density at radius 2 is 1.66 bits per heavy atom. The first-order chi connectivity index (χ1) is 15.4. The van der Waals surface area contributed by atoms with Crippen LogP contribution in [0.25, 0.3) is 0 Å². The summed E-state index contributed by atoms with van der Waals surface area (Å²) in [5.74, 6) is 0.850. The van der Waals surface area contributed by atoms with E-state index in [4.69, 9.17) is 9.47 Å². The third kappa shape index (κ3) is 6.49. The van der Waals surface area contributed by atoms with E-state index in [0.29, 0.717) is 35.9 Å². The molecule has 0 unspecified atom stereocenters. The van der Waals surface area contributed by atoms with E-state index >= 15 is 0 Å². The molecule has 0 aliphatic carbocycles. The molecule has 3 aromatic rings. The van der Waals surface area contributed by atoms with Crippen LogP contribution in [0.5, 0.6) is 11.5 Å². The highest BCUT2D eigenvalue weighted by Gasteiger charge is 2.16. The number of nitrogens with one attached hydrogen (secondary N) is 2. The van der Waals surface area contributed by atoms with Crippen molar-refractivity contribution in [3.05, 3.63) is 83.9 Å². The number of benzene rings is 3. The SMILES string of the molecule is CCOc1ccc(NS(=O)(=O)c2ccc(OCC(=O)NCc3ccccc3)c(C)c2)cc1. The van der Waals surface area contributed by atoms with Crippen LogP contribution in [0.1, 0.15) is 18.1 Å². The molecule has 8 heteroatoms. The van der Waals surface area contributed by atoms with Crippen molar-refractivity contribution in [3.63, 3.8) is 0 Å². The largest absolute Gasteiger partial charge is 0.494 e. The summed E-state index contributed by atoms with van der Waals surface area (Å²) in [5, 5.41) is 2.78. The smallest absolute Gasteiger partial charge is 0.261 e. The first kappa shape index (κ1) is 23.1. The number of anilines is 1. The fraction of sp³-hybridized carbons (Fsp3) is 0.208. The Balaban J connectivity index is 1.58. The molecule has 3 rings (SSSR count). The Morgan fingerprint density at radius 3 is 2.31 bits per heavy atom. The molecule has 0 aliphatic heterocycles. The fourth-order valence-corrected chi connectivity index (χ4v) is 4.09. The van der Waals surface area contributed by atoms with Gasteiger partial charge in [-0.1, -0.05) is 30.3 Å². The lowest BCUT2D eigenvalue weighted by Crippen LogP contribution is -2.28. The van der Waals surface area contributed by atoms with Gasteiger partial charge in [-0.2, -0.15) is 0 Å². The number of hydrogen-bond donors (Lipinski definition) is 2. The van der Waals surface area contributed by atoms with Crippen LogP contribution in [-0.4, -0.2) is 27.5 Å². The molecule has 0 aliphatic rings. The molecule has 0 heterocycles. The molecule has 0 saturated carbocycles. The average molecular weight is 455 g/mol. The third-order valence-electron chi connectivity index (χ3n) is 4.57. The first-order valence-electron chi connectivity index (χ1n) is 10.2. The Bertz CT molecular complexity index is 1150. The number of carbonyl (C=O) groups excluding carboxylic acids is 1. The van der Waals surface area contributed by atoms with Crippen molar-refractivity contribution in [2.45, 2.75) is 25.3 Å². The van der Waals surface area contributed by atoms with Crippen LogP contribution in [0.3, 0.4) is 0 Å². The van der Waals surface area contributed by atoms with E-state index in [1.165, 1.54) is 12.1 Å². The predicted molar refractivity (Wildman–Crippen MR) is 123 cm³/mol. The zero-order valence-electron chi connectivity index (χ0n) is 18.0. The summed E-state index contributed by atoms with van der Waals surface area (Å²) in [6.45, 7) is 4.39. The fourth-order valence-electron chi connectivity index (χ4n) is 2.94. The van der Waals surface area contributed by atoms with E-state index in [9.17, 15) is 13.2 Å². The lowest BCUT2D eigenvalue weighted by atomic mass is 10.2. The Morgan fingerprint density at radius 1 is 0.938 bits per heavy atom. The van der Waals surface area contributed by atoms with Crippen LogP contribution in [0, 0.1) is 6.92 Å². The van der Waals surface area contributed by atoms with E-state index in [-0.39, 0.29) is 17.4 Å². The maximum atomic E-state index is 12.7. The standard InChI is InChI=1S/C24H26N2O5S/c1-3-30-21-11-9-20(10-12-21)26-32(28,29)22-13-14-23(18(2)15-22)31-17-24(27)25-16-19-7-5-4-6-8-19/h4-15,26H,3,16-17H2,1-2H3,(H,25,27). The van der Waals surface area contributed by atoms with Gasteiger partial charge in [0.15, 0.2) is 6.61 Å². The van der Waals surface area contributed by atoms with Gasteiger partial charge in [0.05, 0.1) is 11.5 Å². The zero-order chi connectivity index (χ0) is 23.0. The average Bonchev–Trinajstić information content (AvgIpc) is 2.79. The Labute approximate surface area is 188 Å². The molecule has 0 aromatic heterocycles. The maximum absolute atomic E-state index is 12.7. The topological polar surface area (TPSA) is 93.7 Å². The van der Waals surface area contributed by atoms with Crippen LogP contribution in [-0.2, 0) is 21.4 Å². The minimum absolute atomic E-state index is 0.102. The highest BCUT2D eigenvalue weighted by Crippen LogP contribution is 2.24. The monoisotopic (exact) mass is 454 g/mol. The van der Waals surface area contributed by atoms with Gasteiger partial charge in [0.2, 0.25) is 0 Å². The molecule has 0 fully saturated rings. The number of hydrogen-bond acceptors (Lipinski definition) is 5. The van der Waals surface area contributed by atoms with Gasteiger partial charge in [0.1, 0.15) is 11.5 Å². The Kier molecular flexibility index (Phi) is 7.72. The number of amides is 1. The van der Waals surface area contributed by atoms with Gasteiger partial charge < -0.3 is 14.8 Å². The molecule has 0 saturated heterocycles. The molecule has 0 bridgehead atoms. The van der Waals surface area contributed by atoms with Crippen LogP contribution >= 0.6 is 0 Å². The van der Waals surface area contributed by atoms with Gasteiger partial charge in [-0.05, 0) is 67.4 Å². The number of carbonyl (C=O) groups is 1. The van der Waals surface area contributed by atoms with Gasteiger partial charge in [0.25, 0.3) is 15.9 Å². The van der Waals surface area contributed by atoms with Crippen molar-refractivity contribution in [2.75, 3.05) is 17.9 Å². The van der Waals surface area contributed by atoms with Gasteiger partial charge in [-0.15, -0.1) is 0 Å². The normalized spacial score (nSPS) is 10.9. The first-order valence-corrected chi connectivity index (χ1v) is 11.7. The minimum Gasteiger partial charge on any atom is -0.494 e. The molecule has 0 radical (unpaired) electrons.